The Labute approximate surface area is 147 Å². The maximum absolute atomic E-state index is 13.7. The third-order valence-electron chi connectivity index (χ3n) is 3.89. The second kappa shape index (κ2) is 7.26. The van der Waals surface area contributed by atoms with Crippen LogP contribution < -0.4 is 11.1 Å². The normalized spacial score (nSPS) is 11.9. The molecule has 1 aromatic heterocycles. The van der Waals surface area contributed by atoms with Gasteiger partial charge in [0.2, 0.25) is 5.91 Å². The summed E-state index contributed by atoms with van der Waals surface area (Å²) in [5.74, 6) is -3.46. The largest absolute Gasteiger partial charge is 0.368 e. The standard InChI is InChI=1S/C19H15F2N3O2/c20-12-6-8-14(15(21)9-12)19(26)24-17(18(22)25)10-13-7-5-11-3-1-2-4-16(11)23-13/h1-9,17H,10H2,(H2,22,25)(H,24,26)/t17-/m1/s1. The van der Waals surface area contributed by atoms with Crippen LogP contribution in [0.2, 0.25) is 0 Å². The van der Waals surface area contributed by atoms with Crippen molar-refractivity contribution in [1.82, 2.24) is 10.3 Å². The van der Waals surface area contributed by atoms with Gasteiger partial charge in [0.05, 0.1) is 11.1 Å². The van der Waals surface area contributed by atoms with E-state index in [1.165, 1.54) is 0 Å². The monoisotopic (exact) mass is 355 g/mol. The van der Waals surface area contributed by atoms with Crippen molar-refractivity contribution in [2.45, 2.75) is 12.5 Å². The average Bonchev–Trinajstić information content (AvgIpc) is 2.60. The molecule has 3 aromatic rings. The number of nitrogens with two attached hydrogens (primary N) is 1. The molecule has 0 saturated heterocycles. The fraction of sp³-hybridized carbons (Fsp3) is 0.105. The number of para-hydroxylation sites is 1. The lowest BCUT2D eigenvalue weighted by molar-refractivity contribution is -0.119. The predicted molar refractivity (Wildman–Crippen MR) is 92.3 cm³/mol. The minimum absolute atomic E-state index is 0.0503. The zero-order chi connectivity index (χ0) is 18.7. The van der Waals surface area contributed by atoms with Crippen molar-refractivity contribution in [1.29, 1.82) is 0 Å². The number of primary amides is 1. The van der Waals surface area contributed by atoms with Crippen molar-refractivity contribution in [3.8, 4) is 0 Å². The minimum Gasteiger partial charge on any atom is -0.368 e. The predicted octanol–water partition coefficient (Wildman–Crippen LogP) is 2.34. The van der Waals surface area contributed by atoms with Gasteiger partial charge in [0, 0.05) is 23.6 Å². The van der Waals surface area contributed by atoms with Gasteiger partial charge < -0.3 is 11.1 Å². The van der Waals surface area contributed by atoms with E-state index in [1.54, 1.807) is 6.07 Å². The molecule has 0 bridgehead atoms. The number of aromatic nitrogens is 1. The Bertz CT molecular complexity index is 991. The number of carbonyl (C=O) groups is 2. The van der Waals surface area contributed by atoms with Gasteiger partial charge in [0.25, 0.3) is 5.91 Å². The maximum Gasteiger partial charge on any atom is 0.254 e. The van der Waals surface area contributed by atoms with Gasteiger partial charge >= 0.3 is 0 Å². The molecule has 0 saturated carbocycles. The van der Waals surface area contributed by atoms with Crippen LogP contribution in [0.1, 0.15) is 16.1 Å². The molecule has 3 N–H and O–H groups in total. The molecule has 26 heavy (non-hydrogen) atoms. The number of halogens is 2. The molecule has 1 heterocycles. The van der Waals surface area contributed by atoms with E-state index in [0.717, 1.165) is 23.0 Å². The molecule has 0 aliphatic carbocycles. The van der Waals surface area contributed by atoms with Crippen LogP contribution in [0.5, 0.6) is 0 Å². The number of hydrogen-bond acceptors (Lipinski definition) is 3. The molecule has 0 aliphatic rings. The fourth-order valence-corrected chi connectivity index (χ4v) is 2.56. The minimum atomic E-state index is -1.08. The lowest BCUT2D eigenvalue weighted by Crippen LogP contribution is -2.46. The van der Waals surface area contributed by atoms with Gasteiger partial charge in [0.1, 0.15) is 17.7 Å². The van der Waals surface area contributed by atoms with E-state index in [4.69, 9.17) is 5.73 Å². The molecule has 132 valence electrons. The number of nitrogens with zero attached hydrogens (tertiary/aromatic N) is 1. The molecule has 5 nitrogen and oxygen atoms in total. The smallest absolute Gasteiger partial charge is 0.254 e. The van der Waals surface area contributed by atoms with Gasteiger partial charge in [-0.2, -0.15) is 0 Å². The number of rotatable bonds is 5. The van der Waals surface area contributed by atoms with Crippen LogP contribution in [-0.2, 0) is 11.2 Å². The molecule has 0 unspecified atom stereocenters. The van der Waals surface area contributed by atoms with E-state index < -0.39 is 29.5 Å². The van der Waals surface area contributed by atoms with Crippen LogP contribution in [0.3, 0.4) is 0 Å². The molecule has 0 radical (unpaired) electrons. The van der Waals surface area contributed by atoms with E-state index in [-0.39, 0.29) is 12.0 Å². The first-order valence-electron chi connectivity index (χ1n) is 7.84. The summed E-state index contributed by atoms with van der Waals surface area (Å²) in [5, 5.41) is 3.31. The van der Waals surface area contributed by atoms with Crippen molar-refractivity contribution >= 4 is 22.7 Å². The topological polar surface area (TPSA) is 85.1 Å². The molecule has 2 amide bonds. The van der Waals surface area contributed by atoms with Gasteiger partial charge in [-0.3, -0.25) is 14.6 Å². The SMILES string of the molecule is NC(=O)[C@@H](Cc1ccc2ccccc2n1)NC(=O)c1ccc(F)cc1F. The summed E-state index contributed by atoms with van der Waals surface area (Å²) in [7, 11) is 0. The highest BCUT2D eigenvalue weighted by Crippen LogP contribution is 2.14. The van der Waals surface area contributed by atoms with Crippen LogP contribution in [0.25, 0.3) is 10.9 Å². The van der Waals surface area contributed by atoms with Crippen molar-refractivity contribution in [3.63, 3.8) is 0 Å². The molecule has 0 aliphatic heterocycles. The van der Waals surface area contributed by atoms with Gasteiger partial charge in [-0.25, -0.2) is 8.78 Å². The number of amides is 2. The second-order valence-corrected chi connectivity index (χ2v) is 5.75. The first-order valence-corrected chi connectivity index (χ1v) is 7.84. The summed E-state index contributed by atoms with van der Waals surface area (Å²) in [6.45, 7) is 0. The van der Waals surface area contributed by atoms with Crippen LogP contribution in [0, 0.1) is 11.6 Å². The Morgan fingerprint density at radius 1 is 1.08 bits per heavy atom. The number of benzene rings is 2. The summed E-state index contributed by atoms with van der Waals surface area (Å²) < 4.78 is 26.7. The van der Waals surface area contributed by atoms with Gasteiger partial charge in [-0.05, 0) is 24.3 Å². The molecular formula is C19H15F2N3O2. The van der Waals surface area contributed by atoms with Crippen molar-refractivity contribution in [2.24, 2.45) is 5.73 Å². The quantitative estimate of drug-likeness (QED) is 0.737. The maximum atomic E-state index is 13.7. The second-order valence-electron chi connectivity index (χ2n) is 5.75. The number of pyridine rings is 1. The number of hydrogen-bond donors (Lipinski definition) is 2. The van der Waals surface area contributed by atoms with Crippen LogP contribution in [0.4, 0.5) is 8.78 Å². The van der Waals surface area contributed by atoms with Crippen LogP contribution in [0.15, 0.2) is 54.6 Å². The fourth-order valence-electron chi connectivity index (χ4n) is 2.56. The van der Waals surface area contributed by atoms with E-state index in [0.29, 0.717) is 11.8 Å². The highest BCUT2D eigenvalue weighted by molar-refractivity contribution is 5.97. The summed E-state index contributed by atoms with van der Waals surface area (Å²) in [6.07, 6.45) is 0.0503. The van der Waals surface area contributed by atoms with E-state index in [1.807, 2.05) is 30.3 Å². The molecular weight excluding hydrogens is 340 g/mol. The van der Waals surface area contributed by atoms with Crippen molar-refractivity contribution in [2.75, 3.05) is 0 Å². The summed E-state index contributed by atoms with van der Waals surface area (Å²) in [6, 6.07) is 12.5. The Balaban J connectivity index is 1.80. The molecule has 0 fully saturated rings. The third kappa shape index (κ3) is 3.83. The lowest BCUT2D eigenvalue weighted by atomic mass is 10.1. The molecule has 2 aromatic carbocycles. The number of fused-ring (bicyclic) bond motifs is 1. The Kier molecular flexibility index (Phi) is 4.88. The highest BCUT2D eigenvalue weighted by atomic mass is 19.1. The van der Waals surface area contributed by atoms with Crippen molar-refractivity contribution < 1.29 is 18.4 Å². The zero-order valence-electron chi connectivity index (χ0n) is 13.6. The number of carbonyl (C=O) groups excluding carboxylic acids is 2. The Morgan fingerprint density at radius 3 is 2.58 bits per heavy atom. The van der Waals surface area contributed by atoms with E-state index in [9.17, 15) is 18.4 Å². The lowest BCUT2D eigenvalue weighted by Gasteiger charge is -2.16. The number of nitrogens with one attached hydrogen (secondary N) is 1. The van der Waals surface area contributed by atoms with Crippen LogP contribution in [-0.4, -0.2) is 22.8 Å². The van der Waals surface area contributed by atoms with Gasteiger partial charge in [-0.1, -0.05) is 24.3 Å². The third-order valence-corrected chi connectivity index (χ3v) is 3.89. The van der Waals surface area contributed by atoms with Crippen LogP contribution >= 0.6 is 0 Å². The van der Waals surface area contributed by atoms with Gasteiger partial charge in [-0.15, -0.1) is 0 Å². The van der Waals surface area contributed by atoms with E-state index >= 15 is 0 Å². The van der Waals surface area contributed by atoms with Crippen molar-refractivity contribution in [3.05, 3.63) is 77.5 Å². The van der Waals surface area contributed by atoms with E-state index in [2.05, 4.69) is 10.3 Å². The molecule has 1 atom stereocenters. The average molecular weight is 355 g/mol. The molecule has 0 spiro atoms. The molecule has 7 heteroatoms. The van der Waals surface area contributed by atoms with Gasteiger partial charge in [0.15, 0.2) is 0 Å². The summed E-state index contributed by atoms with van der Waals surface area (Å²) in [4.78, 5) is 28.3. The zero-order valence-corrected chi connectivity index (χ0v) is 13.6. The highest BCUT2D eigenvalue weighted by Gasteiger charge is 2.22. The molecule has 3 rings (SSSR count). The Hall–Kier alpha value is -3.35. The Morgan fingerprint density at radius 2 is 1.85 bits per heavy atom. The first kappa shape index (κ1) is 17.5. The summed E-state index contributed by atoms with van der Waals surface area (Å²) in [5.41, 5.74) is 6.27. The first-order chi connectivity index (χ1) is 12.4. The summed E-state index contributed by atoms with van der Waals surface area (Å²) >= 11 is 0.